The summed E-state index contributed by atoms with van der Waals surface area (Å²) in [5, 5.41) is 14.9. The SMILES string of the molecule is COCC(=O)Nc1cccc(NC(=O)N2CCOC[C@H]2CO)c1C. The first-order valence-electron chi connectivity index (χ1n) is 7.71. The number of anilines is 2. The number of aliphatic hydroxyl groups excluding tert-OH is 1. The Balaban J connectivity index is 2.09. The molecule has 0 bridgehead atoms. The summed E-state index contributed by atoms with van der Waals surface area (Å²) in [5.74, 6) is -0.266. The molecule has 8 nitrogen and oxygen atoms in total. The Hall–Kier alpha value is -2.16. The third-order valence-electron chi connectivity index (χ3n) is 3.82. The van der Waals surface area contributed by atoms with Crippen LogP contribution >= 0.6 is 0 Å². The van der Waals surface area contributed by atoms with Crippen molar-refractivity contribution in [1.82, 2.24) is 4.90 Å². The second-order valence-electron chi connectivity index (χ2n) is 5.49. The van der Waals surface area contributed by atoms with Crippen LogP contribution < -0.4 is 10.6 Å². The number of nitrogens with one attached hydrogen (secondary N) is 2. The minimum absolute atomic E-state index is 0.0397. The van der Waals surface area contributed by atoms with E-state index in [0.717, 1.165) is 5.56 Å². The van der Waals surface area contributed by atoms with Gasteiger partial charge in [0.05, 0.1) is 25.9 Å². The smallest absolute Gasteiger partial charge is 0.322 e. The molecule has 1 aliphatic rings. The third-order valence-corrected chi connectivity index (χ3v) is 3.82. The number of carbonyl (C=O) groups is 2. The zero-order chi connectivity index (χ0) is 17.5. The van der Waals surface area contributed by atoms with E-state index in [1.165, 1.54) is 7.11 Å². The van der Waals surface area contributed by atoms with Gasteiger partial charge in [-0.1, -0.05) is 6.07 Å². The predicted octanol–water partition coefficient (Wildman–Crippen LogP) is 0.805. The molecule has 0 aliphatic carbocycles. The van der Waals surface area contributed by atoms with E-state index in [0.29, 0.717) is 31.1 Å². The van der Waals surface area contributed by atoms with Gasteiger partial charge in [0.1, 0.15) is 6.61 Å². The number of ether oxygens (including phenoxy) is 2. The summed E-state index contributed by atoms with van der Waals surface area (Å²) in [6.07, 6.45) is 0. The summed E-state index contributed by atoms with van der Waals surface area (Å²) < 4.78 is 10.1. The number of benzene rings is 1. The van der Waals surface area contributed by atoms with Crippen molar-refractivity contribution in [3.05, 3.63) is 23.8 Å². The van der Waals surface area contributed by atoms with E-state index >= 15 is 0 Å². The number of urea groups is 1. The monoisotopic (exact) mass is 337 g/mol. The van der Waals surface area contributed by atoms with Gasteiger partial charge in [-0.2, -0.15) is 0 Å². The van der Waals surface area contributed by atoms with Crippen LogP contribution in [0.3, 0.4) is 0 Å². The van der Waals surface area contributed by atoms with E-state index in [2.05, 4.69) is 10.6 Å². The lowest BCUT2D eigenvalue weighted by Crippen LogP contribution is -2.52. The van der Waals surface area contributed by atoms with Gasteiger partial charge in [-0.25, -0.2) is 4.79 Å². The van der Waals surface area contributed by atoms with Gasteiger partial charge in [0, 0.05) is 25.0 Å². The van der Waals surface area contributed by atoms with Gasteiger partial charge in [0.25, 0.3) is 0 Å². The topological polar surface area (TPSA) is 100 Å². The average Bonchev–Trinajstić information content (AvgIpc) is 2.58. The summed E-state index contributed by atoms with van der Waals surface area (Å²) in [6.45, 7) is 2.79. The molecule has 1 aliphatic heterocycles. The molecule has 24 heavy (non-hydrogen) atoms. The number of carbonyl (C=O) groups excluding carboxylic acids is 2. The van der Waals surface area contributed by atoms with Crippen LogP contribution in [-0.4, -0.2) is 68.1 Å². The quantitative estimate of drug-likeness (QED) is 0.738. The molecule has 1 aromatic rings. The normalized spacial score (nSPS) is 17.5. The molecule has 1 heterocycles. The largest absolute Gasteiger partial charge is 0.394 e. The summed E-state index contributed by atoms with van der Waals surface area (Å²) >= 11 is 0. The standard InChI is InChI=1S/C16H23N3O5/c1-11-13(17-15(21)10-23-2)4-3-5-14(11)18-16(22)19-6-7-24-9-12(19)8-20/h3-5,12,20H,6-10H2,1-2H3,(H,17,21)(H,18,22)/t12-/m1/s1. The Morgan fingerprint density at radius 1 is 1.38 bits per heavy atom. The second-order valence-corrected chi connectivity index (χ2v) is 5.49. The van der Waals surface area contributed by atoms with Crippen molar-refractivity contribution in [3.63, 3.8) is 0 Å². The van der Waals surface area contributed by atoms with Crippen molar-refractivity contribution in [2.45, 2.75) is 13.0 Å². The van der Waals surface area contributed by atoms with E-state index < -0.39 is 0 Å². The number of methoxy groups -OCH3 is 1. The fourth-order valence-electron chi connectivity index (χ4n) is 2.48. The van der Waals surface area contributed by atoms with Gasteiger partial charge >= 0.3 is 6.03 Å². The predicted molar refractivity (Wildman–Crippen MR) is 89.1 cm³/mol. The number of morpholine rings is 1. The number of hydrogen-bond donors (Lipinski definition) is 3. The van der Waals surface area contributed by atoms with Crippen LogP contribution in [0.25, 0.3) is 0 Å². The van der Waals surface area contributed by atoms with Gasteiger partial charge in [-0.3, -0.25) is 4.79 Å². The molecule has 0 unspecified atom stereocenters. The van der Waals surface area contributed by atoms with Gasteiger partial charge in [0.15, 0.2) is 0 Å². The molecule has 3 amide bonds. The molecule has 2 rings (SSSR count). The summed E-state index contributed by atoms with van der Waals surface area (Å²) in [5.41, 5.74) is 1.94. The van der Waals surface area contributed by atoms with Crippen LogP contribution in [0.2, 0.25) is 0 Å². The second kappa shape index (κ2) is 8.62. The molecular formula is C16H23N3O5. The molecule has 0 aromatic heterocycles. The van der Waals surface area contributed by atoms with Gasteiger partial charge < -0.3 is 30.1 Å². The Kier molecular flexibility index (Phi) is 6.53. The Morgan fingerprint density at radius 3 is 2.75 bits per heavy atom. The Labute approximate surface area is 140 Å². The third kappa shape index (κ3) is 4.44. The molecule has 1 atom stereocenters. The zero-order valence-electron chi connectivity index (χ0n) is 13.9. The molecule has 0 spiro atoms. The first-order valence-corrected chi connectivity index (χ1v) is 7.71. The average molecular weight is 337 g/mol. The van der Waals surface area contributed by atoms with Gasteiger partial charge in [0.2, 0.25) is 5.91 Å². The number of amides is 3. The lowest BCUT2D eigenvalue weighted by Gasteiger charge is -2.34. The lowest BCUT2D eigenvalue weighted by atomic mass is 10.1. The first-order chi connectivity index (χ1) is 11.6. The highest BCUT2D eigenvalue weighted by molar-refractivity contribution is 5.95. The van der Waals surface area contributed by atoms with Crippen molar-refractivity contribution in [2.75, 3.05) is 50.7 Å². The number of aliphatic hydroxyl groups is 1. The Morgan fingerprint density at radius 2 is 2.08 bits per heavy atom. The van der Waals surface area contributed by atoms with Crippen molar-refractivity contribution in [2.24, 2.45) is 0 Å². The molecule has 1 saturated heterocycles. The fourth-order valence-corrected chi connectivity index (χ4v) is 2.48. The molecule has 8 heteroatoms. The van der Waals surface area contributed by atoms with Crippen molar-refractivity contribution in [1.29, 1.82) is 0 Å². The molecule has 3 N–H and O–H groups in total. The first kappa shape index (κ1) is 18.2. The molecular weight excluding hydrogens is 314 g/mol. The molecule has 1 aromatic carbocycles. The van der Waals surface area contributed by atoms with E-state index in [-0.39, 0.29) is 31.2 Å². The van der Waals surface area contributed by atoms with Crippen LogP contribution in [0, 0.1) is 6.92 Å². The number of rotatable bonds is 5. The Bertz CT molecular complexity index is 593. The summed E-state index contributed by atoms with van der Waals surface area (Å²) in [6, 6.07) is 4.59. The van der Waals surface area contributed by atoms with E-state index in [4.69, 9.17) is 9.47 Å². The maximum absolute atomic E-state index is 12.5. The van der Waals surface area contributed by atoms with E-state index in [9.17, 15) is 14.7 Å². The van der Waals surface area contributed by atoms with Crippen molar-refractivity contribution >= 4 is 23.3 Å². The van der Waals surface area contributed by atoms with E-state index in [1.54, 1.807) is 30.0 Å². The van der Waals surface area contributed by atoms with E-state index in [1.807, 2.05) is 0 Å². The van der Waals surface area contributed by atoms with Gasteiger partial charge in [-0.15, -0.1) is 0 Å². The van der Waals surface area contributed by atoms with Crippen LogP contribution in [0.15, 0.2) is 18.2 Å². The highest BCUT2D eigenvalue weighted by Gasteiger charge is 2.27. The van der Waals surface area contributed by atoms with Crippen LogP contribution in [0.5, 0.6) is 0 Å². The highest BCUT2D eigenvalue weighted by atomic mass is 16.5. The highest BCUT2D eigenvalue weighted by Crippen LogP contribution is 2.24. The maximum Gasteiger partial charge on any atom is 0.322 e. The molecule has 0 radical (unpaired) electrons. The van der Waals surface area contributed by atoms with Crippen LogP contribution in [-0.2, 0) is 14.3 Å². The zero-order valence-corrected chi connectivity index (χ0v) is 13.9. The fraction of sp³-hybridized carbons (Fsp3) is 0.500. The molecule has 132 valence electrons. The molecule has 0 saturated carbocycles. The van der Waals surface area contributed by atoms with Crippen LogP contribution in [0.4, 0.5) is 16.2 Å². The van der Waals surface area contributed by atoms with Crippen molar-refractivity contribution < 1.29 is 24.2 Å². The van der Waals surface area contributed by atoms with Crippen LogP contribution in [0.1, 0.15) is 5.56 Å². The number of nitrogens with zero attached hydrogens (tertiary/aromatic N) is 1. The summed E-state index contributed by atoms with van der Waals surface area (Å²) in [7, 11) is 1.45. The van der Waals surface area contributed by atoms with Crippen molar-refractivity contribution in [3.8, 4) is 0 Å². The number of hydrogen-bond acceptors (Lipinski definition) is 5. The molecule has 1 fully saturated rings. The summed E-state index contributed by atoms with van der Waals surface area (Å²) in [4.78, 5) is 25.7. The van der Waals surface area contributed by atoms with Gasteiger partial charge in [-0.05, 0) is 24.6 Å². The lowest BCUT2D eigenvalue weighted by molar-refractivity contribution is -0.119. The minimum atomic E-state index is -0.358. The minimum Gasteiger partial charge on any atom is -0.394 e. The maximum atomic E-state index is 12.5.